The molecule has 17 heavy (non-hydrogen) atoms. The fourth-order valence-electron chi connectivity index (χ4n) is 1.51. The molecule has 0 saturated heterocycles. The van der Waals surface area contributed by atoms with E-state index in [9.17, 15) is 14.3 Å². The molecule has 0 aliphatic carbocycles. The summed E-state index contributed by atoms with van der Waals surface area (Å²) >= 11 is 0. The van der Waals surface area contributed by atoms with E-state index in [2.05, 4.69) is 10.6 Å². The molecule has 0 aliphatic heterocycles. The lowest BCUT2D eigenvalue weighted by molar-refractivity contribution is 0.0941. The average Bonchev–Trinajstić information content (AvgIpc) is 2.26. The van der Waals surface area contributed by atoms with Crippen molar-refractivity contribution in [3.8, 4) is 5.75 Å². The monoisotopic (exact) mass is 240 g/mol. The van der Waals surface area contributed by atoms with Crippen LogP contribution in [0.5, 0.6) is 5.75 Å². The number of rotatable bonds is 5. The third-order valence-electron chi connectivity index (χ3n) is 2.38. The highest BCUT2D eigenvalue weighted by Crippen LogP contribution is 2.19. The maximum absolute atomic E-state index is 13.3. The molecule has 0 radical (unpaired) electrons. The molecule has 1 amide bonds. The number of phenolic OH excluding ortho intramolecular Hbond substituents is 1. The van der Waals surface area contributed by atoms with Crippen LogP contribution in [0.1, 0.15) is 17.3 Å². The molecule has 4 nitrogen and oxygen atoms in total. The van der Waals surface area contributed by atoms with Crippen molar-refractivity contribution >= 4 is 5.91 Å². The quantitative estimate of drug-likeness (QED) is 0.722. The van der Waals surface area contributed by atoms with Gasteiger partial charge in [-0.1, -0.05) is 13.0 Å². The number of halogens is 1. The lowest BCUT2D eigenvalue weighted by atomic mass is 10.1. The Kier molecular flexibility index (Phi) is 4.90. The molecule has 1 rings (SSSR count). The Morgan fingerprint density at radius 1 is 1.47 bits per heavy atom. The first kappa shape index (κ1) is 13.4. The molecule has 0 spiro atoms. The van der Waals surface area contributed by atoms with E-state index in [1.807, 2.05) is 14.0 Å². The van der Waals surface area contributed by atoms with Gasteiger partial charge in [-0.15, -0.1) is 0 Å². The fraction of sp³-hybridized carbons (Fsp3) is 0.417. The van der Waals surface area contributed by atoms with Crippen molar-refractivity contribution in [2.75, 3.05) is 20.1 Å². The molecule has 1 aromatic carbocycles. The summed E-state index contributed by atoms with van der Waals surface area (Å²) in [4.78, 5) is 11.7. The van der Waals surface area contributed by atoms with Crippen molar-refractivity contribution in [1.82, 2.24) is 10.6 Å². The third kappa shape index (κ3) is 3.71. The van der Waals surface area contributed by atoms with Crippen LogP contribution in [-0.4, -0.2) is 31.2 Å². The maximum Gasteiger partial charge on any atom is 0.258 e. The molecular weight excluding hydrogens is 223 g/mol. The first-order chi connectivity index (χ1) is 8.06. The van der Waals surface area contributed by atoms with Crippen LogP contribution in [0.4, 0.5) is 4.39 Å². The van der Waals surface area contributed by atoms with E-state index in [4.69, 9.17) is 0 Å². The molecule has 5 heteroatoms. The van der Waals surface area contributed by atoms with Crippen molar-refractivity contribution in [1.29, 1.82) is 0 Å². The summed E-state index contributed by atoms with van der Waals surface area (Å²) in [6.07, 6.45) is 0. The van der Waals surface area contributed by atoms with Gasteiger partial charge in [0.1, 0.15) is 17.1 Å². The van der Waals surface area contributed by atoms with Gasteiger partial charge in [0.05, 0.1) is 0 Å². The Morgan fingerprint density at radius 2 is 2.18 bits per heavy atom. The Labute approximate surface area is 99.8 Å². The number of nitrogens with one attached hydrogen (secondary N) is 2. The smallest absolute Gasteiger partial charge is 0.258 e. The molecule has 0 saturated carbocycles. The molecule has 0 aliphatic rings. The summed E-state index contributed by atoms with van der Waals surface area (Å²) in [6, 6.07) is 3.78. The average molecular weight is 240 g/mol. The summed E-state index contributed by atoms with van der Waals surface area (Å²) in [5.74, 6) is -1.42. The number of carbonyl (C=O) groups excluding carboxylic acids is 1. The van der Waals surface area contributed by atoms with Gasteiger partial charge in [0, 0.05) is 6.54 Å². The van der Waals surface area contributed by atoms with Crippen LogP contribution in [0.25, 0.3) is 0 Å². The number of benzene rings is 1. The minimum absolute atomic E-state index is 0.234. The van der Waals surface area contributed by atoms with Crippen molar-refractivity contribution in [3.63, 3.8) is 0 Å². The summed E-state index contributed by atoms with van der Waals surface area (Å²) in [5.41, 5.74) is -0.302. The summed E-state index contributed by atoms with van der Waals surface area (Å²) in [7, 11) is 1.82. The largest absolute Gasteiger partial charge is 0.507 e. The number of amides is 1. The number of phenols is 1. The van der Waals surface area contributed by atoms with Crippen molar-refractivity contribution in [2.45, 2.75) is 6.92 Å². The second kappa shape index (κ2) is 6.20. The van der Waals surface area contributed by atoms with Crippen LogP contribution in [0.15, 0.2) is 18.2 Å². The standard InChI is InChI=1S/C12H17FN2O2/c1-8(6-14-2)7-15-12(17)11-9(13)4-3-5-10(11)16/h3-5,8,14,16H,6-7H2,1-2H3,(H,15,17). The van der Waals surface area contributed by atoms with E-state index >= 15 is 0 Å². The normalized spacial score (nSPS) is 12.2. The lowest BCUT2D eigenvalue weighted by Crippen LogP contribution is -2.32. The number of carbonyl (C=O) groups is 1. The highest BCUT2D eigenvalue weighted by Gasteiger charge is 2.16. The molecule has 1 unspecified atom stereocenters. The van der Waals surface area contributed by atoms with Crippen molar-refractivity contribution in [2.24, 2.45) is 5.92 Å². The topological polar surface area (TPSA) is 61.4 Å². The zero-order valence-corrected chi connectivity index (χ0v) is 9.96. The van der Waals surface area contributed by atoms with Crippen LogP contribution in [0.2, 0.25) is 0 Å². The molecule has 0 bridgehead atoms. The second-order valence-electron chi connectivity index (χ2n) is 4.01. The minimum atomic E-state index is -0.719. The number of hydrogen-bond acceptors (Lipinski definition) is 3. The van der Waals surface area contributed by atoms with Gasteiger partial charge in [-0.2, -0.15) is 0 Å². The first-order valence-corrected chi connectivity index (χ1v) is 5.46. The predicted octanol–water partition coefficient (Wildman–Crippen LogP) is 1.12. The van der Waals surface area contributed by atoms with Crippen LogP contribution in [-0.2, 0) is 0 Å². The molecule has 0 fully saturated rings. The van der Waals surface area contributed by atoms with Crippen molar-refractivity contribution < 1.29 is 14.3 Å². The third-order valence-corrected chi connectivity index (χ3v) is 2.38. The Balaban J connectivity index is 2.64. The highest BCUT2D eigenvalue weighted by molar-refractivity contribution is 5.97. The summed E-state index contributed by atoms with van der Waals surface area (Å²) < 4.78 is 13.3. The van der Waals surface area contributed by atoms with Gasteiger partial charge < -0.3 is 15.7 Å². The number of hydrogen-bond donors (Lipinski definition) is 3. The fourth-order valence-corrected chi connectivity index (χ4v) is 1.51. The molecule has 0 heterocycles. The zero-order valence-electron chi connectivity index (χ0n) is 9.96. The number of aromatic hydroxyl groups is 1. The van der Waals surface area contributed by atoms with Crippen LogP contribution < -0.4 is 10.6 Å². The van der Waals surface area contributed by atoms with E-state index in [1.165, 1.54) is 12.1 Å². The Bertz CT molecular complexity index is 376. The maximum atomic E-state index is 13.3. The predicted molar refractivity (Wildman–Crippen MR) is 63.5 cm³/mol. The van der Waals surface area contributed by atoms with Gasteiger partial charge >= 0.3 is 0 Å². The molecule has 0 aromatic heterocycles. The second-order valence-corrected chi connectivity index (χ2v) is 4.01. The summed E-state index contributed by atoms with van der Waals surface area (Å²) in [5, 5.41) is 15.0. The molecule has 94 valence electrons. The van der Waals surface area contributed by atoms with Crippen molar-refractivity contribution in [3.05, 3.63) is 29.6 Å². The van der Waals surface area contributed by atoms with E-state index in [-0.39, 0.29) is 17.2 Å². The van der Waals surface area contributed by atoms with E-state index < -0.39 is 11.7 Å². The lowest BCUT2D eigenvalue weighted by Gasteiger charge is -2.12. The molecule has 1 aromatic rings. The van der Waals surface area contributed by atoms with Crippen LogP contribution in [0, 0.1) is 11.7 Å². The van der Waals surface area contributed by atoms with Gasteiger partial charge in [0.15, 0.2) is 0 Å². The van der Waals surface area contributed by atoms with Gasteiger partial charge in [-0.25, -0.2) is 4.39 Å². The SMILES string of the molecule is CNCC(C)CNC(=O)c1c(O)cccc1F. The van der Waals surface area contributed by atoms with Crippen LogP contribution >= 0.6 is 0 Å². The van der Waals surface area contributed by atoms with Crippen LogP contribution in [0.3, 0.4) is 0 Å². The van der Waals surface area contributed by atoms with E-state index in [0.717, 1.165) is 12.6 Å². The molecule has 1 atom stereocenters. The molecular formula is C12H17FN2O2. The van der Waals surface area contributed by atoms with Gasteiger partial charge in [0.2, 0.25) is 0 Å². The van der Waals surface area contributed by atoms with E-state index in [1.54, 1.807) is 0 Å². The zero-order chi connectivity index (χ0) is 12.8. The first-order valence-electron chi connectivity index (χ1n) is 5.46. The van der Waals surface area contributed by atoms with Gasteiger partial charge in [-0.05, 0) is 31.6 Å². The van der Waals surface area contributed by atoms with Gasteiger partial charge in [-0.3, -0.25) is 4.79 Å². The Morgan fingerprint density at radius 3 is 2.76 bits per heavy atom. The molecule has 3 N–H and O–H groups in total. The minimum Gasteiger partial charge on any atom is -0.507 e. The Hall–Kier alpha value is -1.62. The summed E-state index contributed by atoms with van der Waals surface area (Å²) in [6.45, 7) is 3.13. The highest BCUT2D eigenvalue weighted by atomic mass is 19.1. The van der Waals surface area contributed by atoms with E-state index in [0.29, 0.717) is 6.54 Å². The van der Waals surface area contributed by atoms with Gasteiger partial charge in [0.25, 0.3) is 5.91 Å².